The zero-order valence-corrected chi connectivity index (χ0v) is 12.3. The van der Waals surface area contributed by atoms with Gasteiger partial charge in [-0.1, -0.05) is 12.1 Å². The van der Waals surface area contributed by atoms with Crippen molar-refractivity contribution in [2.75, 3.05) is 51.3 Å². The molecule has 1 aromatic rings. The fourth-order valence-electron chi connectivity index (χ4n) is 3.42. The van der Waals surface area contributed by atoms with Gasteiger partial charge in [-0.25, -0.2) is 0 Å². The Labute approximate surface area is 121 Å². The molecule has 4 heteroatoms. The van der Waals surface area contributed by atoms with Gasteiger partial charge in [-0.15, -0.1) is 0 Å². The van der Waals surface area contributed by atoms with Crippen molar-refractivity contribution < 1.29 is 4.74 Å². The molecule has 0 bridgehead atoms. The van der Waals surface area contributed by atoms with Gasteiger partial charge in [-0.2, -0.15) is 0 Å². The Morgan fingerprint density at radius 1 is 1.30 bits per heavy atom. The number of nitrogens with zero attached hydrogens (tertiary/aromatic N) is 2. The molecule has 2 atom stereocenters. The lowest BCUT2D eigenvalue weighted by Crippen LogP contribution is -2.36. The number of morpholine rings is 1. The summed E-state index contributed by atoms with van der Waals surface area (Å²) >= 11 is 0. The molecular formula is C16H25N3O. The minimum absolute atomic E-state index is 0.518. The van der Waals surface area contributed by atoms with Gasteiger partial charge >= 0.3 is 0 Å². The second-order valence-electron chi connectivity index (χ2n) is 5.99. The normalized spacial score (nSPS) is 28.0. The Hall–Kier alpha value is -1.10. The Balaban J connectivity index is 1.77. The zero-order chi connectivity index (χ0) is 13.9. The van der Waals surface area contributed by atoms with Crippen LogP contribution < -0.4 is 10.6 Å². The van der Waals surface area contributed by atoms with Crippen molar-refractivity contribution in [2.24, 2.45) is 11.7 Å². The summed E-state index contributed by atoms with van der Waals surface area (Å²) in [7, 11) is 2.21. The largest absolute Gasteiger partial charge is 0.378 e. The molecule has 2 aliphatic heterocycles. The van der Waals surface area contributed by atoms with Crippen LogP contribution in [0.4, 0.5) is 5.69 Å². The van der Waals surface area contributed by atoms with E-state index in [2.05, 4.69) is 41.1 Å². The third-order valence-corrected chi connectivity index (χ3v) is 4.60. The number of anilines is 1. The first-order valence-electron chi connectivity index (χ1n) is 7.61. The molecule has 4 nitrogen and oxygen atoms in total. The van der Waals surface area contributed by atoms with E-state index in [0.717, 1.165) is 39.4 Å². The van der Waals surface area contributed by atoms with E-state index in [-0.39, 0.29) is 0 Å². The standard InChI is InChI=1S/C16H25N3O/c1-18-12-13(11-17)9-16(18)14-3-2-4-15(10-14)19-5-7-20-8-6-19/h2-4,10,13,16H,5-9,11-12,17H2,1H3. The summed E-state index contributed by atoms with van der Waals surface area (Å²) in [4.78, 5) is 4.86. The Bertz CT molecular complexity index is 445. The van der Waals surface area contributed by atoms with Gasteiger partial charge in [0.15, 0.2) is 0 Å². The predicted molar refractivity (Wildman–Crippen MR) is 82.0 cm³/mol. The minimum atomic E-state index is 0.518. The van der Waals surface area contributed by atoms with E-state index in [4.69, 9.17) is 10.5 Å². The average molecular weight is 275 g/mol. The van der Waals surface area contributed by atoms with Crippen molar-refractivity contribution in [3.8, 4) is 0 Å². The lowest BCUT2D eigenvalue weighted by atomic mass is 9.99. The summed E-state index contributed by atoms with van der Waals surface area (Å²) in [5.41, 5.74) is 8.59. The quantitative estimate of drug-likeness (QED) is 0.907. The van der Waals surface area contributed by atoms with Crippen LogP contribution in [0.2, 0.25) is 0 Å². The van der Waals surface area contributed by atoms with Crippen LogP contribution in [-0.2, 0) is 4.74 Å². The number of benzene rings is 1. The Morgan fingerprint density at radius 2 is 2.10 bits per heavy atom. The van der Waals surface area contributed by atoms with Gasteiger partial charge in [0.05, 0.1) is 13.2 Å². The first-order chi connectivity index (χ1) is 9.78. The molecule has 2 saturated heterocycles. The Kier molecular flexibility index (Phi) is 4.24. The van der Waals surface area contributed by atoms with Gasteiger partial charge in [0, 0.05) is 31.4 Å². The number of hydrogen-bond donors (Lipinski definition) is 1. The molecule has 0 spiro atoms. The molecule has 3 rings (SSSR count). The molecule has 2 unspecified atom stereocenters. The number of ether oxygens (including phenoxy) is 1. The summed E-state index contributed by atoms with van der Waals surface area (Å²) in [6.07, 6.45) is 1.18. The van der Waals surface area contributed by atoms with E-state index >= 15 is 0 Å². The van der Waals surface area contributed by atoms with Crippen LogP contribution in [0, 0.1) is 5.92 Å². The highest BCUT2D eigenvalue weighted by Crippen LogP contribution is 2.35. The summed E-state index contributed by atoms with van der Waals surface area (Å²) < 4.78 is 5.43. The van der Waals surface area contributed by atoms with E-state index in [0.29, 0.717) is 12.0 Å². The van der Waals surface area contributed by atoms with Crippen LogP contribution in [0.1, 0.15) is 18.0 Å². The van der Waals surface area contributed by atoms with Crippen molar-refractivity contribution >= 4 is 5.69 Å². The molecule has 1 aromatic carbocycles. The van der Waals surface area contributed by atoms with Crippen molar-refractivity contribution in [1.29, 1.82) is 0 Å². The first-order valence-corrected chi connectivity index (χ1v) is 7.61. The van der Waals surface area contributed by atoms with Gasteiger partial charge in [0.25, 0.3) is 0 Å². The Morgan fingerprint density at radius 3 is 2.80 bits per heavy atom. The molecule has 0 aliphatic carbocycles. The molecule has 0 amide bonds. The van der Waals surface area contributed by atoms with Crippen LogP contribution in [0.25, 0.3) is 0 Å². The van der Waals surface area contributed by atoms with Crippen molar-refractivity contribution in [3.63, 3.8) is 0 Å². The van der Waals surface area contributed by atoms with E-state index in [1.807, 2.05) is 0 Å². The van der Waals surface area contributed by atoms with Crippen molar-refractivity contribution in [1.82, 2.24) is 4.90 Å². The van der Waals surface area contributed by atoms with Gasteiger partial charge < -0.3 is 15.4 Å². The minimum Gasteiger partial charge on any atom is -0.378 e. The third kappa shape index (κ3) is 2.82. The molecule has 0 aromatic heterocycles. The molecule has 110 valence electrons. The fraction of sp³-hybridized carbons (Fsp3) is 0.625. The zero-order valence-electron chi connectivity index (χ0n) is 12.3. The molecule has 0 saturated carbocycles. The molecular weight excluding hydrogens is 250 g/mol. The lowest BCUT2D eigenvalue weighted by Gasteiger charge is -2.30. The second kappa shape index (κ2) is 6.12. The number of hydrogen-bond acceptors (Lipinski definition) is 4. The van der Waals surface area contributed by atoms with Gasteiger partial charge in [0.2, 0.25) is 0 Å². The highest BCUT2D eigenvalue weighted by atomic mass is 16.5. The maximum absolute atomic E-state index is 5.83. The SMILES string of the molecule is CN1CC(CN)CC1c1cccc(N2CCOCC2)c1. The number of rotatable bonds is 3. The summed E-state index contributed by atoms with van der Waals surface area (Å²) in [6.45, 7) is 5.57. The predicted octanol–water partition coefficient (Wildman–Crippen LogP) is 1.47. The van der Waals surface area contributed by atoms with E-state index in [9.17, 15) is 0 Å². The van der Waals surface area contributed by atoms with Gasteiger partial charge in [-0.05, 0) is 43.6 Å². The second-order valence-corrected chi connectivity index (χ2v) is 5.99. The van der Waals surface area contributed by atoms with Crippen LogP contribution in [0.15, 0.2) is 24.3 Å². The van der Waals surface area contributed by atoms with E-state index in [1.165, 1.54) is 17.7 Å². The fourth-order valence-corrected chi connectivity index (χ4v) is 3.42. The van der Waals surface area contributed by atoms with Crippen molar-refractivity contribution in [3.05, 3.63) is 29.8 Å². The number of nitrogens with two attached hydrogens (primary N) is 1. The molecule has 2 aliphatic rings. The molecule has 0 radical (unpaired) electrons. The third-order valence-electron chi connectivity index (χ3n) is 4.60. The average Bonchev–Trinajstić information content (AvgIpc) is 2.89. The van der Waals surface area contributed by atoms with E-state index < -0.39 is 0 Å². The lowest BCUT2D eigenvalue weighted by molar-refractivity contribution is 0.122. The van der Waals surface area contributed by atoms with Crippen LogP contribution in [0.5, 0.6) is 0 Å². The van der Waals surface area contributed by atoms with Crippen LogP contribution in [0.3, 0.4) is 0 Å². The maximum atomic E-state index is 5.83. The molecule has 2 heterocycles. The summed E-state index contributed by atoms with van der Waals surface area (Å²) in [5.74, 6) is 0.636. The number of likely N-dealkylation sites (tertiary alicyclic amines) is 1. The maximum Gasteiger partial charge on any atom is 0.0642 e. The molecule has 20 heavy (non-hydrogen) atoms. The highest BCUT2D eigenvalue weighted by Gasteiger charge is 2.29. The van der Waals surface area contributed by atoms with E-state index in [1.54, 1.807) is 0 Å². The molecule has 2 fully saturated rings. The van der Waals surface area contributed by atoms with Crippen LogP contribution in [-0.4, -0.2) is 51.3 Å². The monoisotopic (exact) mass is 275 g/mol. The smallest absolute Gasteiger partial charge is 0.0642 e. The summed E-state index contributed by atoms with van der Waals surface area (Å²) in [6, 6.07) is 9.52. The first kappa shape index (κ1) is 13.9. The van der Waals surface area contributed by atoms with Gasteiger partial charge in [0.1, 0.15) is 0 Å². The topological polar surface area (TPSA) is 41.7 Å². The molecule has 2 N–H and O–H groups in total. The highest BCUT2D eigenvalue weighted by molar-refractivity contribution is 5.49. The van der Waals surface area contributed by atoms with Gasteiger partial charge in [-0.3, -0.25) is 4.90 Å². The summed E-state index contributed by atoms with van der Waals surface area (Å²) in [5, 5.41) is 0. The van der Waals surface area contributed by atoms with Crippen LogP contribution >= 0.6 is 0 Å². The van der Waals surface area contributed by atoms with Crippen molar-refractivity contribution in [2.45, 2.75) is 12.5 Å².